The first-order valence-corrected chi connectivity index (χ1v) is 5.81. The van der Waals surface area contributed by atoms with Crippen LogP contribution in [0.25, 0.3) is 0 Å². The number of carboxylic acids is 1. The standard InChI is InChI=1S/C13H13FN2O3/c14-11-7-9(5-6-10(11)12(17)18)16-13(19)15-8-3-1-2-4-8/h1-2,5-8H,3-4H2,(H,17,18)(H2,15,16,19). The highest BCUT2D eigenvalue weighted by Gasteiger charge is 2.14. The van der Waals surface area contributed by atoms with Crippen LogP contribution in [0.1, 0.15) is 23.2 Å². The lowest BCUT2D eigenvalue weighted by Crippen LogP contribution is -2.36. The summed E-state index contributed by atoms with van der Waals surface area (Å²) in [7, 11) is 0. The Morgan fingerprint density at radius 2 is 1.95 bits per heavy atom. The van der Waals surface area contributed by atoms with Gasteiger partial charge >= 0.3 is 12.0 Å². The molecule has 3 N–H and O–H groups in total. The van der Waals surface area contributed by atoms with Crippen LogP contribution in [0.2, 0.25) is 0 Å². The number of rotatable bonds is 3. The molecule has 1 aromatic rings. The van der Waals surface area contributed by atoms with Crippen molar-refractivity contribution in [3.05, 3.63) is 41.7 Å². The number of carboxylic acid groups (broad SMARTS) is 1. The monoisotopic (exact) mass is 264 g/mol. The molecule has 0 aromatic heterocycles. The van der Waals surface area contributed by atoms with E-state index >= 15 is 0 Å². The van der Waals surface area contributed by atoms with E-state index in [0.717, 1.165) is 25.0 Å². The average molecular weight is 264 g/mol. The van der Waals surface area contributed by atoms with E-state index in [2.05, 4.69) is 10.6 Å². The summed E-state index contributed by atoms with van der Waals surface area (Å²) < 4.78 is 13.4. The fourth-order valence-electron chi connectivity index (χ4n) is 1.85. The molecule has 0 saturated carbocycles. The number of carbonyl (C=O) groups is 2. The van der Waals surface area contributed by atoms with Crippen LogP contribution in [0, 0.1) is 5.82 Å². The second kappa shape index (κ2) is 5.51. The molecule has 5 nitrogen and oxygen atoms in total. The molecule has 0 heterocycles. The Hall–Kier alpha value is -2.37. The van der Waals surface area contributed by atoms with Crippen LogP contribution in [0.4, 0.5) is 14.9 Å². The van der Waals surface area contributed by atoms with E-state index < -0.39 is 23.4 Å². The molecule has 1 aromatic carbocycles. The lowest BCUT2D eigenvalue weighted by atomic mass is 10.2. The van der Waals surface area contributed by atoms with Crippen molar-refractivity contribution in [1.82, 2.24) is 5.32 Å². The van der Waals surface area contributed by atoms with E-state index in [4.69, 9.17) is 5.11 Å². The zero-order chi connectivity index (χ0) is 13.8. The first kappa shape index (κ1) is 13.1. The SMILES string of the molecule is O=C(Nc1ccc(C(=O)O)c(F)c1)NC1CC=CC1. The van der Waals surface area contributed by atoms with Crippen LogP contribution in [0.5, 0.6) is 0 Å². The van der Waals surface area contributed by atoms with E-state index in [1.165, 1.54) is 6.07 Å². The van der Waals surface area contributed by atoms with Crippen LogP contribution in [0.15, 0.2) is 30.4 Å². The number of amides is 2. The molecule has 2 amide bonds. The highest BCUT2D eigenvalue weighted by atomic mass is 19.1. The number of urea groups is 1. The Morgan fingerprint density at radius 1 is 1.26 bits per heavy atom. The van der Waals surface area contributed by atoms with Gasteiger partial charge in [-0.1, -0.05) is 12.2 Å². The Kier molecular flexibility index (Phi) is 3.79. The molecule has 0 atom stereocenters. The lowest BCUT2D eigenvalue weighted by molar-refractivity contribution is 0.0692. The van der Waals surface area contributed by atoms with Crippen molar-refractivity contribution >= 4 is 17.7 Å². The number of hydrogen-bond acceptors (Lipinski definition) is 2. The maximum Gasteiger partial charge on any atom is 0.338 e. The van der Waals surface area contributed by atoms with E-state index in [0.29, 0.717) is 0 Å². The minimum Gasteiger partial charge on any atom is -0.478 e. The second-order valence-electron chi connectivity index (χ2n) is 4.24. The van der Waals surface area contributed by atoms with Gasteiger partial charge < -0.3 is 15.7 Å². The van der Waals surface area contributed by atoms with Crippen molar-refractivity contribution in [3.63, 3.8) is 0 Å². The normalized spacial score (nSPS) is 14.4. The Bertz CT molecular complexity index is 535. The maximum atomic E-state index is 13.4. The third-order valence-corrected chi connectivity index (χ3v) is 2.80. The molecular weight excluding hydrogens is 251 g/mol. The molecule has 0 unspecified atom stereocenters. The van der Waals surface area contributed by atoms with Gasteiger partial charge in [0.05, 0.1) is 5.56 Å². The lowest BCUT2D eigenvalue weighted by Gasteiger charge is -2.13. The number of hydrogen-bond donors (Lipinski definition) is 3. The molecule has 0 bridgehead atoms. The van der Waals surface area contributed by atoms with Crippen molar-refractivity contribution in [1.29, 1.82) is 0 Å². The summed E-state index contributed by atoms with van der Waals surface area (Å²) in [6.45, 7) is 0. The van der Waals surface area contributed by atoms with Gasteiger partial charge in [-0.25, -0.2) is 14.0 Å². The molecule has 2 rings (SSSR count). The molecule has 0 spiro atoms. The molecule has 100 valence electrons. The van der Waals surface area contributed by atoms with Gasteiger partial charge in [0, 0.05) is 11.7 Å². The predicted octanol–water partition coefficient (Wildman–Crippen LogP) is 2.36. The van der Waals surface area contributed by atoms with Gasteiger partial charge in [0.25, 0.3) is 0 Å². The quantitative estimate of drug-likeness (QED) is 0.733. The maximum absolute atomic E-state index is 13.4. The smallest absolute Gasteiger partial charge is 0.338 e. The molecule has 6 heteroatoms. The largest absolute Gasteiger partial charge is 0.478 e. The summed E-state index contributed by atoms with van der Waals surface area (Å²) in [5.41, 5.74) is -0.211. The van der Waals surface area contributed by atoms with Crippen LogP contribution < -0.4 is 10.6 Å². The summed E-state index contributed by atoms with van der Waals surface area (Å²) in [5, 5.41) is 13.9. The number of anilines is 1. The number of carbonyl (C=O) groups excluding carboxylic acids is 1. The third kappa shape index (κ3) is 3.31. The van der Waals surface area contributed by atoms with E-state index in [-0.39, 0.29) is 11.7 Å². The van der Waals surface area contributed by atoms with Crippen molar-refractivity contribution in [3.8, 4) is 0 Å². The van der Waals surface area contributed by atoms with Gasteiger partial charge in [-0.2, -0.15) is 0 Å². The summed E-state index contributed by atoms with van der Waals surface area (Å²) in [6, 6.07) is 3.07. The number of halogens is 1. The zero-order valence-corrected chi connectivity index (χ0v) is 10.0. The zero-order valence-electron chi connectivity index (χ0n) is 10.0. The summed E-state index contributed by atoms with van der Waals surface area (Å²) in [4.78, 5) is 22.2. The Morgan fingerprint density at radius 3 is 2.53 bits per heavy atom. The molecule has 19 heavy (non-hydrogen) atoms. The Labute approximate surface area is 109 Å². The van der Waals surface area contributed by atoms with E-state index in [1.807, 2.05) is 12.2 Å². The van der Waals surface area contributed by atoms with Crippen LogP contribution in [-0.2, 0) is 0 Å². The van der Waals surface area contributed by atoms with Crippen molar-refractivity contribution in [2.75, 3.05) is 5.32 Å². The predicted molar refractivity (Wildman–Crippen MR) is 67.7 cm³/mol. The minimum absolute atomic E-state index is 0.0585. The second-order valence-corrected chi connectivity index (χ2v) is 4.24. The van der Waals surface area contributed by atoms with E-state index in [9.17, 15) is 14.0 Å². The van der Waals surface area contributed by atoms with Crippen molar-refractivity contribution < 1.29 is 19.1 Å². The third-order valence-electron chi connectivity index (χ3n) is 2.80. The van der Waals surface area contributed by atoms with Gasteiger partial charge in [-0.3, -0.25) is 0 Å². The van der Waals surface area contributed by atoms with Crippen LogP contribution >= 0.6 is 0 Å². The minimum atomic E-state index is -1.34. The first-order valence-electron chi connectivity index (χ1n) is 5.81. The molecule has 0 radical (unpaired) electrons. The van der Waals surface area contributed by atoms with Gasteiger partial charge in [0.1, 0.15) is 5.82 Å². The Balaban J connectivity index is 1.97. The highest BCUT2D eigenvalue weighted by molar-refractivity contribution is 5.91. The van der Waals surface area contributed by atoms with Crippen LogP contribution in [-0.4, -0.2) is 23.1 Å². The molecule has 0 aliphatic heterocycles. The highest BCUT2D eigenvalue weighted by Crippen LogP contribution is 2.15. The fourth-order valence-corrected chi connectivity index (χ4v) is 1.85. The van der Waals surface area contributed by atoms with Gasteiger partial charge in [0.15, 0.2) is 0 Å². The van der Waals surface area contributed by atoms with Gasteiger partial charge in [0.2, 0.25) is 0 Å². The van der Waals surface area contributed by atoms with Crippen molar-refractivity contribution in [2.24, 2.45) is 0 Å². The summed E-state index contributed by atoms with van der Waals surface area (Å²) in [5.74, 6) is -2.22. The van der Waals surface area contributed by atoms with Gasteiger partial charge in [-0.05, 0) is 31.0 Å². The summed E-state index contributed by atoms with van der Waals surface area (Å²) >= 11 is 0. The van der Waals surface area contributed by atoms with E-state index in [1.54, 1.807) is 0 Å². The average Bonchev–Trinajstić information content (AvgIpc) is 2.81. The number of nitrogens with one attached hydrogen (secondary N) is 2. The van der Waals surface area contributed by atoms with Crippen LogP contribution in [0.3, 0.4) is 0 Å². The molecule has 1 aliphatic carbocycles. The molecule has 1 aliphatic rings. The van der Waals surface area contributed by atoms with Crippen molar-refractivity contribution in [2.45, 2.75) is 18.9 Å². The topological polar surface area (TPSA) is 78.4 Å². The summed E-state index contributed by atoms with van der Waals surface area (Å²) in [6.07, 6.45) is 5.51. The molecule has 0 saturated heterocycles. The molecule has 0 fully saturated rings. The first-order chi connectivity index (χ1) is 9.06. The number of benzene rings is 1. The number of aromatic carboxylic acids is 1. The fraction of sp³-hybridized carbons (Fsp3) is 0.231. The van der Waals surface area contributed by atoms with Gasteiger partial charge in [-0.15, -0.1) is 0 Å². The molecular formula is C13H13FN2O3.